The molecule has 0 saturated heterocycles. The monoisotopic (exact) mass is 261 g/mol. The molecule has 1 nitrogen and oxygen atoms in total. The molecule has 1 heterocycles. The summed E-state index contributed by atoms with van der Waals surface area (Å²) in [6, 6.07) is 15.6. The summed E-state index contributed by atoms with van der Waals surface area (Å²) in [5.74, 6) is 0. The average molecular weight is 262 g/mol. The normalized spacial score (nSPS) is 10.9. The zero-order valence-electron chi connectivity index (χ0n) is 8.87. The molecule has 0 unspecified atom stereocenters. The highest BCUT2D eigenvalue weighted by atomic mass is 35.5. The molecule has 84 valence electrons. The van der Waals surface area contributed by atoms with E-state index in [4.69, 9.17) is 23.2 Å². The van der Waals surface area contributed by atoms with Gasteiger partial charge in [0.05, 0.1) is 0 Å². The van der Waals surface area contributed by atoms with E-state index in [0.29, 0.717) is 0 Å². The van der Waals surface area contributed by atoms with E-state index in [1.165, 1.54) is 0 Å². The van der Waals surface area contributed by atoms with Gasteiger partial charge in [-0.25, -0.2) is 0 Å². The SMILES string of the molecule is Clc1ccc(-c2cc3c(Cl)cccc3[nH]2)cc1. The lowest BCUT2D eigenvalue weighted by Crippen LogP contribution is -1.75. The van der Waals surface area contributed by atoms with Crippen LogP contribution in [0.4, 0.5) is 0 Å². The quantitative estimate of drug-likeness (QED) is 0.624. The first-order valence-corrected chi connectivity index (χ1v) is 6.03. The maximum atomic E-state index is 6.14. The molecule has 0 aliphatic heterocycles. The number of hydrogen-bond acceptors (Lipinski definition) is 0. The lowest BCUT2D eigenvalue weighted by atomic mass is 10.1. The molecule has 0 amide bonds. The van der Waals surface area contributed by atoms with Crippen LogP contribution >= 0.6 is 23.2 Å². The van der Waals surface area contributed by atoms with Crippen molar-refractivity contribution in [3.05, 3.63) is 58.6 Å². The minimum Gasteiger partial charge on any atom is -0.354 e. The van der Waals surface area contributed by atoms with Crippen LogP contribution < -0.4 is 0 Å². The number of hydrogen-bond donors (Lipinski definition) is 1. The Balaban J connectivity index is 2.18. The summed E-state index contributed by atoms with van der Waals surface area (Å²) in [5.41, 5.74) is 3.19. The van der Waals surface area contributed by atoms with Crippen molar-refractivity contribution >= 4 is 34.1 Å². The van der Waals surface area contributed by atoms with Gasteiger partial charge >= 0.3 is 0 Å². The summed E-state index contributed by atoms with van der Waals surface area (Å²) in [6.45, 7) is 0. The third-order valence-corrected chi connectivity index (χ3v) is 3.35. The summed E-state index contributed by atoms with van der Waals surface area (Å²) in [7, 11) is 0. The second-order valence-electron chi connectivity index (χ2n) is 3.89. The van der Waals surface area contributed by atoms with E-state index in [9.17, 15) is 0 Å². The maximum Gasteiger partial charge on any atom is 0.0500 e. The third kappa shape index (κ3) is 1.92. The van der Waals surface area contributed by atoms with Crippen molar-refractivity contribution in [3.8, 4) is 11.3 Å². The van der Waals surface area contributed by atoms with E-state index in [-0.39, 0.29) is 0 Å². The Morgan fingerprint density at radius 3 is 2.35 bits per heavy atom. The molecule has 1 aromatic heterocycles. The number of fused-ring (bicyclic) bond motifs is 1. The molecule has 0 aliphatic carbocycles. The lowest BCUT2D eigenvalue weighted by Gasteiger charge is -1.96. The zero-order valence-corrected chi connectivity index (χ0v) is 10.4. The van der Waals surface area contributed by atoms with Crippen LogP contribution in [0.3, 0.4) is 0 Å². The Kier molecular flexibility index (Phi) is 2.58. The fourth-order valence-corrected chi connectivity index (χ4v) is 2.26. The predicted molar refractivity (Wildman–Crippen MR) is 73.8 cm³/mol. The first kappa shape index (κ1) is 10.7. The number of aromatic amines is 1. The summed E-state index contributed by atoms with van der Waals surface area (Å²) >= 11 is 12.0. The molecule has 2 aromatic carbocycles. The number of rotatable bonds is 1. The van der Waals surface area contributed by atoms with Gasteiger partial charge in [-0.3, -0.25) is 0 Å². The maximum absolute atomic E-state index is 6.14. The minimum absolute atomic E-state index is 0.739. The topological polar surface area (TPSA) is 15.8 Å². The Morgan fingerprint density at radius 2 is 1.65 bits per heavy atom. The fourth-order valence-electron chi connectivity index (χ4n) is 1.90. The standard InChI is InChI=1S/C14H9Cl2N/c15-10-6-4-9(5-7-10)14-8-11-12(16)2-1-3-13(11)17-14/h1-8,17H. The van der Waals surface area contributed by atoms with Gasteiger partial charge in [-0.15, -0.1) is 0 Å². The second-order valence-corrected chi connectivity index (χ2v) is 4.73. The molecule has 17 heavy (non-hydrogen) atoms. The third-order valence-electron chi connectivity index (χ3n) is 2.77. The number of benzene rings is 2. The Bertz CT molecular complexity index is 668. The molecule has 3 heteroatoms. The Labute approximate surface area is 109 Å². The summed E-state index contributed by atoms with van der Waals surface area (Å²) in [4.78, 5) is 3.34. The molecule has 0 spiro atoms. The summed E-state index contributed by atoms with van der Waals surface area (Å²) < 4.78 is 0. The molecule has 3 aromatic rings. The number of H-pyrrole nitrogens is 1. The van der Waals surface area contributed by atoms with Crippen molar-refractivity contribution in [2.45, 2.75) is 0 Å². The van der Waals surface area contributed by atoms with Crippen LogP contribution in [-0.4, -0.2) is 4.98 Å². The summed E-state index contributed by atoms with van der Waals surface area (Å²) in [6.07, 6.45) is 0. The second kappa shape index (κ2) is 4.10. The van der Waals surface area contributed by atoms with E-state index < -0.39 is 0 Å². The van der Waals surface area contributed by atoms with E-state index in [1.54, 1.807) is 0 Å². The Hall–Kier alpha value is -1.44. The van der Waals surface area contributed by atoms with Crippen molar-refractivity contribution in [1.29, 1.82) is 0 Å². The molecule has 0 aliphatic rings. The van der Waals surface area contributed by atoms with Crippen LogP contribution in [0.2, 0.25) is 10.0 Å². The number of halogens is 2. The molecular formula is C14H9Cl2N. The molecule has 0 saturated carbocycles. The van der Waals surface area contributed by atoms with Gasteiger partial charge in [-0.1, -0.05) is 41.4 Å². The molecule has 1 N–H and O–H groups in total. The van der Waals surface area contributed by atoms with Gasteiger partial charge in [0, 0.05) is 26.6 Å². The van der Waals surface area contributed by atoms with Crippen LogP contribution in [0, 0.1) is 0 Å². The van der Waals surface area contributed by atoms with Gasteiger partial charge in [-0.05, 0) is 35.9 Å². The van der Waals surface area contributed by atoms with Crippen LogP contribution in [0.15, 0.2) is 48.5 Å². The van der Waals surface area contributed by atoms with E-state index in [1.807, 2.05) is 42.5 Å². The van der Waals surface area contributed by atoms with Gasteiger partial charge in [0.1, 0.15) is 0 Å². The molecular weight excluding hydrogens is 253 g/mol. The van der Waals surface area contributed by atoms with Crippen LogP contribution in [0.25, 0.3) is 22.2 Å². The van der Waals surface area contributed by atoms with Gasteiger partial charge in [0.25, 0.3) is 0 Å². The van der Waals surface area contributed by atoms with Gasteiger partial charge in [-0.2, -0.15) is 0 Å². The Morgan fingerprint density at radius 1 is 0.882 bits per heavy atom. The molecule has 0 radical (unpaired) electrons. The van der Waals surface area contributed by atoms with Crippen molar-refractivity contribution in [3.63, 3.8) is 0 Å². The molecule has 0 bridgehead atoms. The largest absolute Gasteiger partial charge is 0.354 e. The first-order chi connectivity index (χ1) is 8.24. The van der Waals surface area contributed by atoms with E-state index >= 15 is 0 Å². The van der Waals surface area contributed by atoms with Crippen molar-refractivity contribution in [2.75, 3.05) is 0 Å². The highest BCUT2D eigenvalue weighted by Crippen LogP contribution is 2.29. The first-order valence-electron chi connectivity index (χ1n) is 5.27. The number of nitrogens with one attached hydrogen (secondary N) is 1. The van der Waals surface area contributed by atoms with E-state index in [2.05, 4.69) is 11.1 Å². The molecule has 0 fully saturated rings. The van der Waals surface area contributed by atoms with E-state index in [0.717, 1.165) is 32.2 Å². The predicted octanol–water partition coefficient (Wildman–Crippen LogP) is 5.14. The molecule has 3 rings (SSSR count). The average Bonchev–Trinajstić information content (AvgIpc) is 2.75. The van der Waals surface area contributed by atoms with Crippen molar-refractivity contribution < 1.29 is 0 Å². The number of aromatic nitrogens is 1. The highest BCUT2D eigenvalue weighted by Gasteiger charge is 2.05. The van der Waals surface area contributed by atoms with Gasteiger partial charge < -0.3 is 4.98 Å². The lowest BCUT2D eigenvalue weighted by molar-refractivity contribution is 1.45. The van der Waals surface area contributed by atoms with Crippen LogP contribution in [0.5, 0.6) is 0 Å². The van der Waals surface area contributed by atoms with Crippen molar-refractivity contribution in [1.82, 2.24) is 4.98 Å². The molecule has 0 atom stereocenters. The van der Waals surface area contributed by atoms with Crippen LogP contribution in [0.1, 0.15) is 0 Å². The van der Waals surface area contributed by atoms with Gasteiger partial charge in [0.2, 0.25) is 0 Å². The fraction of sp³-hybridized carbons (Fsp3) is 0. The summed E-state index contributed by atoms with van der Waals surface area (Å²) in [5, 5.41) is 2.54. The highest BCUT2D eigenvalue weighted by molar-refractivity contribution is 6.35. The van der Waals surface area contributed by atoms with Crippen LogP contribution in [-0.2, 0) is 0 Å². The zero-order chi connectivity index (χ0) is 11.8. The minimum atomic E-state index is 0.739. The van der Waals surface area contributed by atoms with Crippen molar-refractivity contribution in [2.24, 2.45) is 0 Å². The van der Waals surface area contributed by atoms with Gasteiger partial charge in [0.15, 0.2) is 0 Å². The smallest absolute Gasteiger partial charge is 0.0500 e.